The van der Waals surface area contributed by atoms with Crippen LogP contribution < -0.4 is 10.1 Å². The third kappa shape index (κ3) is 6.99. The maximum atomic E-state index is 5.24. The lowest BCUT2D eigenvalue weighted by Crippen LogP contribution is -2.26. The topological polar surface area (TPSA) is 21.3 Å². The van der Waals surface area contributed by atoms with Gasteiger partial charge in [-0.05, 0) is 61.9 Å². The summed E-state index contributed by atoms with van der Waals surface area (Å²) in [5, 5.41) is 3.61. The molecule has 0 fully saturated rings. The van der Waals surface area contributed by atoms with E-state index in [2.05, 4.69) is 50.4 Å². The molecule has 21 heavy (non-hydrogen) atoms. The predicted octanol–water partition coefficient (Wildman–Crippen LogP) is 4.68. The molecule has 0 aliphatic rings. The zero-order chi connectivity index (χ0) is 15.5. The highest BCUT2D eigenvalue weighted by Gasteiger charge is 2.14. The first-order valence-corrected chi connectivity index (χ1v) is 8.57. The molecule has 2 heteroatoms. The first kappa shape index (κ1) is 18.0. The molecule has 120 valence electrons. The molecule has 0 radical (unpaired) electrons. The summed E-state index contributed by atoms with van der Waals surface area (Å²) >= 11 is 0. The van der Waals surface area contributed by atoms with Crippen LogP contribution in [0.4, 0.5) is 0 Å². The maximum Gasteiger partial charge on any atom is 0.118 e. The normalized spacial score (nSPS) is 12.6. The Morgan fingerprint density at radius 2 is 1.67 bits per heavy atom. The van der Waals surface area contributed by atoms with Crippen LogP contribution >= 0.6 is 0 Å². The van der Waals surface area contributed by atoms with Crippen molar-refractivity contribution in [1.82, 2.24) is 5.32 Å². The minimum absolute atomic E-state index is 0.731. The molecular formula is C19H33NO. The molecule has 0 saturated carbocycles. The molecule has 0 aromatic heterocycles. The van der Waals surface area contributed by atoms with Crippen molar-refractivity contribution in [2.45, 2.75) is 52.9 Å². The first-order chi connectivity index (χ1) is 10.2. The SMILES string of the molecule is CCCNCC(Cc1ccc(OC)cc1)CC(CC)CC. The molecule has 1 aromatic rings. The van der Waals surface area contributed by atoms with Crippen LogP contribution in [0, 0.1) is 11.8 Å². The molecule has 0 bridgehead atoms. The van der Waals surface area contributed by atoms with Crippen LogP contribution in [-0.2, 0) is 6.42 Å². The fourth-order valence-corrected chi connectivity index (χ4v) is 2.91. The number of ether oxygens (including phenoxy) is 1. The van der Waals surface area contributed by atoms with Gasteiger partial charge >= 0.3 is 0 Å². The Kier molecular flexibility index (Phi) is 9.16. The van der Waals surface area contributed by atoms with E-state index in [4.69, 9.17) is 4.74 Å². The van der Waals surface area contributed by atoms with E-state index in [0.29, 0.717) is 0 Å². The molecule has 1 atom stereocenters. The molecule has 0 heterocycles. The van der Waals surface area contributed by atoms with E-state index in [1.54, 1.807) is 7.11 Å². The monoisotopic (exact) mass is 291 g/mol. The van der Waals surface area contributed by atoms with E-state index in [1.807, 2.05) is 0 Å². The summed E-state index contributed by atoms with van der Waals surface area (Å²) in [6, 6.07) is 8.56. The Bertz CT molecular complexity index is 356. The average Bonchev–Trinajstić information content (AvgIpc) is 2.53. The van der Waals surface area contributed by atoms with Gasteiger partial charge in [-0.2, -0.15) is 0 Å². The fraction of sp³-hybridized carbons (Fsp3) is 0.684. The van der Waals surface area contributed by atoms with Crippen molar-refractivity contribution in [2.24, 2.45) is 11.8 Å². The van der Waals surface area contributed by atoms with Gasteiger partial charge in [0.2, 0.25) is 0 Å². The molecule has 0 spiro atoms. The van der Waals surface area contributed by atoms with Gasteiger partial charge in [-0.15, -0.1) is 0 Å². The molecule has 1 unspecified atom stereocenters. The van der Waals surface area contributed by atoms with Crippen LogP contribution in [0.1, 0.15) is 52.0 Å². The van der Waals surface area contributed by atoms with Crippen molar-refractivity contribution in [2.75, 3.05) is 20.2 Å². The van der Waals surface area contributed by atoms with Crippen molar-refractivity contribution >= 4 is 0 Å². The van der Waals surface area contributed by atoms with E-state index < -0.39 is 0 Å². The van der Waals surface area contributed by atoms with Crippen molar-refractivity contribution in [3.8, 4) is 5.75 Å². The van der Waals surface area contributed by atoms with E-state index in [-0.39, 0.29) is 0 Å². The predicted molar refractivity (Wildman–Crippen MR) is 92.0 cm³/mol. The molecule has 0 amide bonds. The smallest absolute Gasteiger partial charge is 0.118 e. The lowest BCUT2D eigenvalue weighted by Gasteiger charge is -2.22. The van der Waals surface area contributed by atoms with Gasteiger partial charge in [-0.3, -0.25) is 0 Å². The summed E-state index contributed by atoms with van der Waals surface area (Å²) in [6.07, 6.45) is 6.29. The first-order valence-electron chi connectivity index (χ1n) is 8.57. The molecule has 1 rings (SSSR count). The fourth-order valence-electron chi connectivity index (χ4n) is 2.91. The second-order valence-electron chi connectivity index (χ2n) is 6.04. The van der Waals surface area contributed by atoms with Gasteiger partial charge in [0.05, 0.1) is 7.11 Å². The molecule has 0 saturated heterocycles. The zero-order valence-electron chi connectivity index (χ0n) is 14.3. The van der Waals surface area contributed by atoms with Crippen molar-refractivity contribution in [1.29, 1.82) is 0 Å². The Morgan fingerprint density at radius 3 is 2.19 bits per heavy atom. The lowest BCUT2D eigenvalue weighted by atomic mass is 9.86. The highest BCUT2D eigenvalue weighted by Crippen LogP contribution is 2.23. The Hall–Kier alpha value is -1.02. The largest absolute Gasteiger partial charge is 0.497 e. The summed E-state index contributed by atoms with van der Waals surface area (Å²) in [6.45, 7) is 9.13. The lowest BCUT2D eigenvalue weighted by molar-refractivity contribution is 0.338. The number of methoxy groups -OCH3 is 1. The van der Waals surface area contributed by atoms with Gasteiger partial charge < -0.3 is 10.1 Å². The van der Waals surface area contributed by atoms with Gasteiger partial charge in [0.25, 0.3) is 0 Å². The summed E-state index contributed by atoms with van der Waals surface area (Å²) < 4.78 is 5.24. The van der Waals surface area contributed by atoms with E-state index in [9.17, 15) is 0 Å². The van der Waals surface area contributed by atoms with Crippen LogP contribution in [0.15, 0.2) is 24.3 Å². The minimum Gasteiger partial charge on any atom is -0.497 e. The summed E-state index contributed by atoms with van der Waals surface area (Å²) in [5.41, 5.74) is 1.42. The van der Waals surface area contributed by atoms with Gasteiger partial charge in [-0.1, -0.05) is 45.7 Å². The highest BCUT2D eigenvalue weighted by molar-refractivity contribution is 5.27. The van der Waals surface area contributed by atoms with Gasteiger partial charge in [0.15, 0.2) is 0 Å². The third-order valence-electron chi connectivity index (χ3n) is 4.36. The Balaban J connectivity index is 2.60. The highest BCUT2D eigenvalue weighted by atomic mass is 16.5. The van der Waals surface area contributed by atoms with Crippen molar-refractivity contribution in [3.63, 3.8) is 0 Å². The Labute approximate surface area is 131 Å². The quantitative estimate of drug-likeness (QED) is 0.598. The van der Waals surface area contributed by atoms with Crippen LogP contribution in [0.5, 0.6) is 5.75 Å². The third-order valence-corrected chi connectivity index (χ3v) is 4.36. The number of nitrogens with one attached hydrogen (secondary N) is 1. The van der Waals surface area contributed by atoms with Crippen LogP contribution in [-0.4, -0.2) is 20.2 Å². The van der Waals surface area contributed by atoms with Crippen molar-refractivity contribution in [3.05, 3.63) is 29.8 Å². The number of hydrogen-bond acceptors (Lipinski definition) is 2. The molecule has 1 aromatic carbocycles. The second kappa shape index (κ2) is 10.7. The van der Waals surface area contributed by atoms with Crippen LogP contribution in [0.3, 0.4) is 0 Å². The summed E-state index contributed by atoms with van der Waals surface area (Å²) in [4.78, 5) is 0. The van der Waals surface area contributed by atoms with Crippen molar-refractivity contribution < 1.29 is 4.74 Å². The summed E-state index contributed by atoms with van der Waals surface area (Å²) in [7, 11) is 1.72. The second-order valence-corrected chi connectivity index (χ2v) is 6.04. The molecular weight excluding hydrogens is 258 g/mol. The molecule has 1 N–H and O–H groups in total. The summed E-state index contributed by atoms with van der Waals surface area (Å²) in [5.74, 6) is 2.53. The van der Waals surface area contributed by atoms with Gasteiger partial charge in [0, 0.05) is 0 Å². The van der Waals surface area contributed by atoms with Crippen LogP contribution in [0.2, 0.25) is 0 Å². The Morgan fingerprint density at radius 1 is 1.00 bits per heavy atom. The van der Waals surface area contributed by atoms with E-state index >= 15 is 0 Å². The number of benzene rings is 1. The molecule has 0 aliphatic heterocycles. The average molecular weight is 291 g/mol. The zero-order valence-corrected chi connectivity index (χ0v) is 14.3. The molecule has 2 nitrogen and oxygen atoms in total. The molecule has 0 aliphatic carbocycles. The number of hydrogen-bond donors (Lipinski definition) is 1. The minimum atomic E-state index is 0.731. The van der Waals surface area contributed by atoms with Gasteiger partial charge in [0.1, 0.15) is 5.75 Å². The standard InChI is InChI=1S/C19H33NO/c1-5-12-20-15-18(13-16(6-2)7-3)14-17-8-10-19(21-4)11-9-17/h8-11,16,18,20H,5-7,12-15H2,1-4H3. The van der Waals surface area contributed by atoms with E-state index in [0.717, 1.165) is 37.1 Å². The maximum absolute atomic E-state index is 5.24. The van der Waals surface area contributed by atoms with Crippen LogP contribution in [0.25, 0.3) is 0 Å². The van der Waals surface area contributed by atoms with E-state index in [1.165, 1.54) is 31.2 Å². The number of rotatable bonds is 11. The van der Waals surface area contributed by atoms with Gasteiger partial charge in [-0.25, -0.2) is 0 Å².